The Bertz CT molecular complexity index is 671. The highest BCUT2D eigenvalue weighted by molar-refractivity contribution is 9.10. The monoisotopic (exact) mass is 415 g/mol. The Morgan fingerprint density at radius 2 is 1.92 bits per heavy atom. The molecule has 3 N–H and O–H groups in total. The van der Waals surface area contributed by atoms with E-state index in [0.717, 1.165) is 17.7 Å². The molecule has 0 fully saturated rings. The average molecular weight is 417 g/mol. The van der Waals surface area contributed by atoms with Crippen LogP contribution in [0.5, 0.6) is 11.5 Å². The van der Waals surface area contributed by atoms with Crippen molar-refractivity contribution in [3.8, 4) is 11.5 Å². The molecule has 0 bridgehead atoms. The number of nitrogens with zero attached hydrogens (tertiary/aromatic N) is 1. The lowest BCUT2D eigenvalue weighted by Crippen LogP contribution is -2.20. The van der Waals surface area contributed by atoms with Crippen LogP contribution in [0.25, 0.3) is 0 Å². The molecule has 2 rings (SSSR count). The number of rotatable bonds is 8. The first-order valence-corrected chi connectivity index (χ1v) is 7.76. The van der Waals surface area contributed by atoms with Crippen LogP contribution in [0.2, 0.25) is 0 Å². The van der Waals surface area contributed by atoms with Gasteiger partial charge in [0.25, 0.3) is 5.91 Å². The van der Waals surface area contributed by atoms with Crippen molar-refractivity contribution in [3.63, 3.8) is 0 Å². The molecule has 0 unspecified atom stereocenters. The second-order valence-corrected chi connectivity index (χ2v) is 5.68. The molecular formula is C16H19BrClN3O3. The fourth-order valence-corrected chi connectivity index (χ4v) is 2.61. The molecule has 130 valence electrons. The Labute approximate surface area is 155 Å². The van der Waals surface area contributed by atoms with Gasteiger partial charge < -0.3 is 20.5 Å². The molecular weight excluding hydrogens is 398 g/mol. The van der Waals surface area contributed by atoms with Crippen molar-refractivity contribution in [2.75, 3.05) is 13.7 Å². The molecule has 0 spiro atoms. The van der Waals surface area contributed by atoms with Crippen LogP contribution in [0.4, 0.5) is 0 Å². The molecule has 0 saturated carbocycles. The number of methoxy groups -OCH3 is 1. The number of benzene rings is 1. The van der Waals surface area contributed by atoms with Crippen molar-refractivity contribution in [3.05, 3.63) is 52.3 Å². The molecule has 0 aliphatic rings. The third kappa shape index (κ3) is 5.99. The van der Waals surface area contributed by atoms with Gasteiger partial charge in [0.1, 0.15) is 0 Å². The summed E-state index contributed by atoms with van der Waals surface area (Å²) in [6, 6.07) is 7.70. The van der Waals surface area contributed by atoms with Crippen LogP contribution in [0.15, 0.2) is 41.1 Å². The fraction of sp³-hybridized carbons (Fsp3) is 0.250. The standard InChI is InChI=1S/C16H18BrN3O3.ClH/c1-22-14-7-12(6-13(17)16(14)23-10-15(18)21)9-20-8-11-2-4-19-5-3-11;/h2-7,20H,8-10H2,1H3,(H2,18,21);1H. The van der Waals surface area contributed by atoms with Crippen molar-refractivity contribution in [1.82, 2.24) is 10.3 Å². The Morgan fingerprint density at radius 3 is 2.54 bits per heavy atom. The van der Waals surface area contributed by atoms with Crippen molar-refractivity contribution in [2.24, 2.45) is 5.73 Å². The van der Waals surface area contributed by atoms with Crippen LogP contribution >= 0.6 is 28.3 Å². The molecule has 1 aromatic heterocycles. The lowest BCUT2D eigenvalue weighted by molar-refractivity contribution is -0.119. The van der Waals surface area contributed by atoms with E-state index in [2.05, 4.69) is 26.2 Å². The van der Waals surface area contributed by atoms with Crippen molar-refractivity contribution in [1.29, 1.82) is 0 Å². The third-order valence-corrected chi connectivity index (χ3v) is 3.64. The maximum absolute atomic E-state index is 10.9. The molecule has 0 atom stereocenters. The van der Waals surface area contributed by atoms with E-state index in [-0.39, 0.29) is 19.0 Å². The topological polar surface area (TPSA) is 86.5 Å². The quantitative estimate of drug-likeness (QED) is 0.690. The van der Waals surface area contributed by atoms with Crippen LogP contribution in [-0.4, -0.2) is 24.6 Å². The van der Waals surface area contributed by atoms with Crippen LogP contribution in [0, 0.1) is 0 Å². The molecule has 0 saturated heterocycles. The van der Waals surface area contributed by atoms with E-state index >= 15 is 0 Å². The molecule has 0 radical (unpaired) electrons. The number of nitrogens with one attached hydrogen (secondary N) is 1. The SMILES string of the molecule is COc1cc(CNCc2ccncc2)cc(Br)c1OCC(N)=O.Cl. The second-order valence-electron chi connectivity index (χ2n) is 4.82. The molecule has 2 aromatic rings. The van der Waals surface area contributed by atoms with Gasteiger partial charge >= 0.3 is 0 Å². The number of carbonyl (C=O) groups is 1. The summed E-state index contributed by atoms with van der Waals surface area (Å²) in [6.07, 6.45) is 3.53. The summed E-state index contributed by atoms with van der Waals surface area (Å²) in [6.45, 7) is 1.20. The van der Waals surface area contributed by atoms with Crippen molar-refractivity contribution < 1.29 is 14.3 Å². The van der Waals surface area contributed by atoms with Gasteiger partial charge in [-0.05, 0) is 51.3 Å². The Balaban J connectivity index is 0.00000288. The largest absolute Gasteiger partial charge is 0.493 e. The van der Waals surface area contributed by atoms with Crippen LogP contribution in [0.3, 0.4) is 0 Å². The van der Waals surface area contributed by atoms with E-state index in [4.69, 9.17) is 15.2 Å². The minimum atomic E-state index is -0.540. The summed E-state index contributed by atoms with van der Waals surface area (Å²) in [5, 5.41) is 3.35. The third-order valence-electron chi connectivity index (χ3n) is 3.06. The normalized spacial score (nSPS) is 9.92. The summed E-state index contributed by atoms with van der Waals surface area (Å²) in [5.74, 6) is 0.465. The molecule has 0 aliphatic carbocycles. The number of nitrogens with two attached hydrogens (primary N) is 1. The zero-order valence-corrected chi connectivity index (χ0v) is 15.5. The molecule has 1 amide bonds. The van der Waals surface area contributed by atoms with Crippen LogP contribution < -0.4 is 20.5 Å². The van der Waals surface area contributed by atoms with Gasteiger partial charge in [-0.2, -0.15) is 0 Å². The summed E-state index contributed by atoms with van der Waals surface area (Å²) in [7, 11) is 1.55. The Kier molecular flexibility index (Phi) is 8.53. The number of pyridine rings is 1. The number of hydrogen-bond acceptors (Lipinski definition) is 5. The highest BCUT2D eigenvalue weighted by Gasteiger charge is 2.12. The molecule has 1 heterocycles. The van der Waals surface area contributed by atoms with Gasteiger partial charge in [0.05, 0.1) is 11.6 Å². The van der Waals surface area contributed by atoms with E-state index in [1.165, 1.54) is 0 Å². The van der Waals surface area contributed by atoms with E-state index < -0.39 is 5.91 Å². The summed E-state index contributed by atoms with van der Waals surface area (Å²) in [4.78, 5) is 14.8. The van der Waals surface area contributed by atoms with Gasteiger partial charge in [-0.1, -0.05) is 0 Å². The number of halogens is 2. The minimum absolute atomic E-state index is 0. The maximum atomic E-state index is 10.9. The first-order chi connectivity index (χ1) is 11.1. The molecule has 0 aliphatic heterocycles. The maximum Gasteiger partial charge on any atom is 0.255 e. The first kappa shape index (κ1) is 20.2. The van der Waals surface area contributed by atoms with Gasteiger partial charge in [-0.3, -0.25) is 9.78 Å². The van der Waals surface area contributed by atoms with E-state index in [0.29, 0.717) is 22.5 Å². The predicted octanol–water partition coefficient (Wildman–Crippen LogP) is 2.43. The highest BCUT2D eigenvalue weighted by Crippen LogP contribution is 2.36. The number of aromatic nitrogens is 1. The molecule has 6 nitrogen and oxygen atoms in total. The van der Waals surface area contributed by atoms with Gasteiger partial charge in [-0.15, -0.1) is 12.4 Å². The zero-order chi connectivity index (χ0) is 16.7. The summed E-state index contributed by atoms with van der Waals surface area (Å²) < 4.78 is 11.4. The zero-order valence-electron chi connectivity index (χ0n) is 13.1. The highest BCUT2D eigenvalue weighted by atomic mass is 79.9. The molecule has 8 heteroatoms. The van der Waals surface area contributed by atoms with Gasteiger partial charge in [-0.25, -0.2) is 0 Å². The summed E-state index contributed by atoms with van der Waals surface area (Å²) in [5.41, 5.74) is 7.28. The number of amides is 1. The smallest absolute Gasteiger partial charge is 0.255 e. The number of carbonyl (C=O) groups excluding carboxylic acids is 1. The molecule has 24 heavy (non-hydrogen) atoms. The Hall–Kier alpha value is -1.83. The predicted molar refractivity (Wildman–Crippen MR) is 97.4 cm³/mol. The van der Waals surface area contributed by atoms with Crippen molar-refractivity contribution in [2.45, 2.75) is 13.1 Å². The average Bonchev–Trinajstić information content (AvgIpc) is 2.54. The fourth-order valence-electron chi connectivity index (χ4n) is 2.01. The van der Waals surface area contributed by atoms with Gasteiger partial charge in [0, 0.05) is 25.5 Å². The van der Waals surface area contributed by atoms with Crippen molar-refractivity contribution >= 4 is 34.2 Å². The second kappa shape index (κ2) is 10.1. The minimum Gasteiger partial charge on any atom is -0.493 e. The lowest BCUT2D eigenvalue weighted by atomic mass is 10.2. The van der Waals surface area contributed by atoms with Gasteiger partial charge in [0.15, 0.2) is 18.1 Å². The first-order valence-electron chi connectivity index (χ1n) is 6.97. The Morgan fingerprint density at radius 1 is 1.25 bits per heavy atom. The summed E-state index contributed by atoms with van der Waals surface area (Å²) >= 11 is 3.43. The van der Waals surface area contributed by atoms with E-state index in [1.807, 2.05) is 24.3 Å². The number of primary amides is 1. The van der Waals surface area contributed by atoms with E-state index in [1.54, 1.807) is 19.5 Å². The lowest BCUT2D eigenvalue weighted by Gasteiger charge is -2.14. The molecule has 1 aromatic carbocycles. The van der Waals surface area contributed by atoms with Crippen LogP contribution in [0.1, 0.15) is 11.1 Å². The number of ether oxygens (including phenoxy) is 2. The van der Waals surface area contributed by atoms with Crippen LogP contribution in [-0.2, 0) is 17.9 Å². The van der Waals surface area contributed by atoms with Gasteiger partial charge in [0.2, 0.25) is 0 Å². The number of hydrogen-bond donors (Lipinski definition) is 2. The van der Waals surface area contributed by atoms with E-state index in [9.17, 15) is 4.79 Å².